The highest BCUT2D eigenvalue weighted by atomic mass is 32.2. The summed E-state index contributed by atoms with van der Waals surface area (Å²) >= 11 is 0. The van der Waals surface area contributed by atoms with E-state index in [1.54, 1.807) is 6.08 Å². The van der Waals surface area contributed by atoms with Gasteiger partial charge in [0.05, 0.1) is 18.1 Å². The van der Waals surface area contributed by atoms with Crippen molar-refractivity contribution in [3.05, 3.63) is 22.9 Å². The molecule has 0 amide bonds. The molecule has 0 aromatic rings. The Bertz CT molecular complexity index is 450. The third-order valence-corrected chi connectivity index (χ3v) is 3.73. The number of aliphatic imine (C=N–C) groups is 1. The van der Waals surface area contributed by atoms with Crippen LogP contribution in [0.3, 0.4) is 0 Å². The Morgan fingerprint density at radius 1 is 1.44 bits per heavy atom. The Balaban J connectivity index is 2.85. The number of nitrogens with one attached hydrogen (secondary N) is 1. The number of hydrogen-bond acceptors (Lipinski definition) is 6. The first-order valence-corrected chi connectivity index (χ1v) is 6.83. The number of allylic oxidation sites excluding steroid dienone is 3. The van der Waals surface area contributed by atoms with Crippen LogP contribution in [0.2, 0.25) is 0 Å². The molecule has 1 fully saturated rings. The highest BCUT2D eigenvalue weighted by Gasteiger charge is 2.13. The minimum absolute atomic E-state index is 0.0144. The smallest absolute Gasteiger partial charge is 0.258 e. The summed E-state index contributed by atoms with van der Waals surface area (Å²) in [5, 5.41) is 8.47. The van der Waals surface area contributed by atoms with Crippen LogP contribution in [0.1, 0.15) is 6.92 Å². The monoisotopic (exact) mass is 275 g/mol. The number of hydrogen-bond donors (Lipinski definition) is 2. The van der Waals surface area contributed by atoms with E-state index in [2.05, 4.69) is 11.7 Å². The van der Waals surface area contributed by atoms with Gasteiger partial charge < -0.3 is 14.8 Å². The van der Waals surface area contributed by atoms with Gasteiger partial charge in [0.15, 0.2) is 0 Å². The number of morpholine rings is 1. The predicted octanol–water partition coefficient (Wildman–Crippen LogP) is 0.0730. The molecule has 0 aromatic carbocycles. The summed E-state index contributed by atoms with van der Waals surface area (Å²) < 4.78 is 27.7. The van der Waals surface area contributed by atoms with E-state index in [1.807, 2.05) is 4.90 Å². The largest absolute Gasteiger partial charge is 0.378 e. The molecule has 0 bridgehead atoms. The third kappa shape index (κ3) is 3.91. The molecular weight excluding hydrogens is 258 g/mol. The average molecular weight is 275 g/mol. The molecule has 0 atom stereocenters. The quantitative estimate of drug-likeness (QED) is 0.421. The lowest BCUT2D eigenvalue weighted by Gasteiger charge is -2.28. The van der Waals surface area contributed by atoms with Gasteiger partial charge in [0, 0.05) is 13.1 Å². The topological polar surface area (TPSA) is 91.2 Å². The van der Waals surface area contributed by atoms with E-state index >= 15 is 0 Å². The molecule has 1 aliphatic rings. The van der Waals surface area contributed by atoms with Gasteiger partial charge in [-0.2, -0.15) is 0 Å². The number of ether oxygens (including phenoxy) is 1. The van der Waals surface area contributed by atoms with Gasteiger partial charge in [-0.1, -0.05) is 4.89 Å². The van der Waals surface area contributed by atoms with Crippen LogP contribution in [0.25, 0.3) is 0 Å². The maximum absolute atomic E-state index is 11.2. The zero-order valence-corrected chi connectivity index (χ0v) is 11.0. The van der Waals surface area contributed by atoms with Crippen molar-refractivity contribution >= 4 is 16.7 Å². The fourth-order valence-electron chi connectivity index (χ4n) is 1.40. The minimum Gasteiger partial charge on any atom is -0.378 e. The van der Waals surface area contributed by atoms with Crippen molar-refractivity contribution in [1.29, 1.82) is 0 Å². The molecule has 0 radical (unpaired) electrons. The van der Waals surface area contributed by atoms with Gasteiger partial charge >= 0.3 is 0 Å². The second-order valence-corrected chi connectivity index (χ2v) is 5.49. The van der Waals surface area contributed by atoms with Crippen molar-refractivity contribution < 1.29 is 18.4 Å². The van der Waals surface area contributed by atoms with E-state index in [9.17, 15) is 8.42 Å². The van der Waals surface area contributed by atoms with Gasteiger partial charge in [0.2, 0.25) is 0 Å². The fourth-order valence-corrected chi connectivity index (χ4v) is 1.80. The SMILES string of the molecule is C=N/C(=C\C=C(/C)S(=O)(=O)NO)N1CCOCC1. The predicted molar refractivity (Wildman–Crippen MR) is 67.6 cm³/mol. The lowest BCUT2D eigenvalue weighted by atomic mass is 10.4. The molecular formula is C10H17N3O4S. The standard InChI is InChI=1S/C10H17N3O4S/c1-9(18(15,16)12-14)3-4-10(11-2)13-5-7-17-8-6-13/h3-4,12,14H,2,5-8H2,1H3/b9-3+,10-4+. The van der Waals surface area contributed by atoms with Crippen molar-refractivity contribution in [2.24, 2.45) is 4.99 Å². The van der Waals surface area contributed by atoms with Gasteiger partial charge in [-0.15, -0.1) is 0 Å². The third-order valence-electron chi connectivity index (χ3n) is 2.51. The molecule has 0 unspecified atom stereocenters. The lowest BCUT2D eigenvalue weighted by Crippen LogP contribution is -2.35. The maximum Gasteiger partial charge on any atom is 0.258 e. The van der Waals surface area contributed by atoms with E-state index in [0.29, 0.717) is 32.1 Å². The summed E-state index contributed by atoms with van der Waals surface area (Å²) in [7, 11) is -3.82. The first-order chi connectivity index (χ1) is 8.51. The molecule has 1 rings (SSSR count). The Kier molecular flexibility index (Phi) is 5.48. The average Bonchev–Trinajstić information content (AvgIpc) is 2.40. The van der Waals surface area contributed by atoms with Gasteiger partial charge in [-0.25, -0.2) is 13.4 Å². The lowest BCUT2D eigenvalue weighted by molar-refractivity contribution is 0.0532. The summed E-state index contributed by atoms with van der Waals surface area (Å²) in [5.74, 6) is 0.575. The fraction of sp³-hybridized carbons (Fsp3) is 0.500. The van der Waals surface area contributed by atoms with E-state index in [-0.39, 0.29) is 4.91 Å². The van der Waals surface area contributed by atoms with Crippen molar-refractivity contribution in [3.63, 3.8) is 0 Å². The molecule has 1 saturated heterocycles. The van der Waals surface area contributed by atoms with Gasteiger partial charge in [-0.05, 0) is 25.8 Å². The molecule has 0 spiro atoms. The van der Waals surface area contributed by atoms with Crippen LogP contribution in [0.15, 0.2) is 27.9 Å². The summed E-state index contributed by atoms with van der Waals surface area (Å²) in [5.41, 5.74) is 0. The molecule has 0 aliphatic carbocycles. The van der Waals surface area contributed by atoms with E-state index in [0.717, 1.165) is 0 Å². The van der Waals surface area contributed by atoms with E-state index in [4.69, 9.17) is 9.94 Å². The molecule has 2 N–H and O–H groups in total. The van der Waals surface area contributed by atoms with Crippen molar-refractivity contribution in [3.8, 4) is 0 Å². The van der Waals surface area contributed by atoms with Gasteiger partial charge in [-0.3, -0.25) is 0 Å². The van der Waals surface area contributed by atoms with Crippen LogP contribution in [0.5, 0.6) is 0 Å². The van der Waals surface area contributed by atoms with Crippen molar-refractivity contribution in [2.75, 3.05) is 26.3 Å². The van der Waals surface area contributed by atoms with Gasteiger partial charge in [0.25, 0.3) is 10.0 Å². The van der Waals surface area contributed by atoms with Crippen LogP contribution in [-0.4, -0.2) is 51.5 Å². The second-order valence-electron chi connectivity index (χ2n) is 3.65. The first-order valence-electron chi connectivity index (χ1n) is 5.35. The van der Waals surface area contributed by atoms with Crippen LogP contribution < -0.4 is 4.89 Å². The van der Waals surface area contributed by atoms with E-state index in [1.165, 1.54) is 17.9 Å². The molecule has 0 aromatic heterocycles. The van der Waals surface area contributed by atoms with E-state index < -0.39 is 10.0 Å². The Morgan fingerprint density at radius 2 is 2.06 bits per heavy atom. The zero-order chi connectivity index (χ0) is 13.6. The van der Waals surface area contributed by atoms with Crippen LogP contribution in [-0.2, 0) is 14.8 Å². The van der Waals surface area contributed by atoms with Gasteiger partial charge in [0.1, 0.15) is 5.82 Å². The Morgan fingerprint density at radius 3 is 2.56 bits per heavy atom. The van der Waals surface area contributed by atoms with Crippen LogP contribution in [0, 0.1) is 0 Å². The summed E-state index contributed by atoms with van der Waals surface area (Å²) in [6.07, 6.45) is 2.90. The van der Waals surface area contributed by atoms with Crippen molar-refractivity contribution in [1.82, 2.24) is 9.79 Å². The molecule has 7 nitrogen and oxygen atoms in total. The zero-order valence-electron chi connectivity index (χ0n) is 10.2. The normalized spacial score (nSPS) is 18.9. The Labute approximate surface area is 106 Å². The minimum atomic E-state index is -3.82. The molecule has 102 valence electrons. The summed E-state index contributed by atoms with van der Waals surface area (Å²) in [6.45, 7) is 7.40. The number of nitrogens with zero attached hydrogens (tertiary/aromatic N) is 2. The van der Waals surface area contributed by atoms with Crippen LogP contribution in [0.4, 0.5) is 0 Å². The maximum atomic E-state index is 11.2. The first kappa shape index (κ1) is 14.8. The highest BCUT2D eigenvalue weighted by Crippen LogP contribution is 2.10. The van der Waals surface area contributed by atoms with Crippen LogP contribution >= 0.6 is 0 Å². The second kappa shape index (κ2) is 6.64. The van der Waals surface area contributed by atoms with Crippen molar-refractivity contribution in [2.45, 2.75) is 6.92 Å². The Hall–Kier alpha value is -1.22. The number of sulfonamides is 1. The summed E-state index contributed by atoms with van der Waals surface area (Å²) in [4.78, 5) is 7.04. The highest BCUT2D eigenvalue weighted by molar-refractivity contribution is 7.93. The molecule has 0 saturated carbocycles. The molecule has 8 heteroatoms. The molecule has 18 heavy (non-hydrogen) atoms. The summed E-state index contributed by atoms with van der Waals surface area (Å²) in [6, 6.07) is 0. The molecule has 1 aliphatic heterocycles. The number of rotatable bonds is 5. The molecule has 1 heterocycles.